The van der Waals surface area contributed by atoms with Gasteiger partial charge in [-0.15, -0.1) is 0 Å². The molecule has 2 nitrogen and oxygen atoms in total. The molecule has 3 aromatic rings. The van der Waals surface area contributed by atoms with E-state index in [4.69, 9.17) is 10.2 Å². The summed E-state index contributed by atoms with van der Waals surface area (Å²) in [6, 6.07) is 18.5. The summed E-state index contributed by atoms with van der Waals surface area (Å²) < 4.78 is 0. The van der Waals surface area contributed by atoms with Gasteiger partial charge in [-0.05, 0) is 38.6 Å². The third-order valence-electron chi connectivity index (χ3n) is 4.70. The van der Waals surface area contributed by atoms with Gasteiger partial charge in [0.1, 0.15) is 0 Å². The molecule has 33 heavy (non-hydrogen) atoms. The molecule has 0 amide bonds. The van der Waals surface area contributed by atoms with E-state index in [0.29, 0.717) is 0 Å². The zero-order chi connectivity index (χ0) is 24.5. The molecule has 1 fully saturated rings. The van der Waals surface area contributed by atoms with E-state index in [-0.39, 0.29) is 13.2 Å². The molecule has 172 valence electrons. The second-order valence-corrected chi connectivity index (χ2v) is 7.17. The summed E-state index contributed by atoms with van der Waals surface area (Å²) >= 11 is 0. The van der Waals surface area contributed by atoms with Gasteiger partial charge in [-0.2, -0.15) is 0 Å². The Hall–Kier alpha value is -3.46. The van der Waals surface area contributed by atoms with E-state index >= 15 is 0 Å². The predicted octanol–water partition coefficient (Wildman–Crippen LogP) is 7.88. The van der Waals surface area contributed by atoms with Crippen LogP contribution in [0.25, 0.3) is 41.2 Å². The fourth-order valence-electron chi connectivity index (χ4n) is 2.91. The van der Waals surface area contributed by atoms with E-state index in [9.17, 15) is 0 Å². The summed E-state index contributed by atoms with van der Waals surface area (Å²) in [6.07, 6.45) is 13.7. The Morgan fingerprint density at radius 3 is 1.45 bits per heavy atom. The average Bonchev–Trinajstić information content (AvgIpc) is 3.77. The van der Waals surface area contributed by atoms with Gasteiger partial charge >= 0.3 is 0 Å². The van der Waals surface area contributed by atoms with Gasteiger partial charge in [-0.1, -0.05) is 137 Å². The van der Waals surface area contributed by atoms with Crippen LogP contribution >= 0.6 is 0 Å². The number of fused-ring (bicyclic) bond motifs is 1. The number of hydrogen-bond acceptors (Lipinski definition) is 2. The van der Waals surface area contributed by atoms with Gasteiger partial charge in [0.2, 0.25) is 0 Å². The first-order valence-electron chi connectivity index (χ1n) is 11.1. The lowest BCUT2D eigenvalue weighted by molar-refractivity contribution is 0.186. The van der Waals surface area contributed by atoms with Crippen LogP contribution in [0.1, 0.15) is 47.1 Å². The first kappa shape index (κ1) is 27.6. The lowest BCUT2D eigenvalue weighted by atomic mass is 9.99. The monoisotopic (exact) mass is 440 g/mol. The van der Waals surface area contributed by atoms with Crippen molar-refractivity contribution in [1.82, 2.24) is 0 Å². The number of benzene rings is 3. The number of rotatable bonds is 6. The summed E-state index contributed by atoms with van der Waals surface area (Å²) in [5.74, 6) is 0. The summed E-state index contributed by atoms with van der Waals surface area (Å²) in [6.45, 7) is 18.6. The van der Waals surface area contributed by atoms with Gasteiger partial charge in [-0.3, -0.25) is 0 Å². The maximum absolute atomic E-state index is 7.62. The van der Waals surface area contributed by atoms with Gasteiger partial charge < -0.3 is 10.2 Å². The number of hydrogen-bond donors (Lipinski definition) is 2. The van der Waals surface area contributed by atoms with E-state index in [1.165, 1.54) is 30.0 Å². The van der Waals surface area contributed by atoms with Crippen LogP contribution in [0.5, 0.6) is 0 Å². The Bertz CT molecular complexity index is 1030. The molecule has 1 aliphatic carbocycles. The highest BCUT2D eigenvalue weighted by molar-refractivity contribution is 5.93. The molecule has 0 spiro atoms. The van der Waals surface area contributed by atoms with Gasteiger partial charge in [-0.25, -0.2) is 0 Å². The van der Waals surface area contributed by atoms with Crippen LogP contribution in [0.4, 0.5) is 0 Å². The van der Waals surface area contributed by atoms with E-state index in [1.807, 2.05) is 60.7 Å². The molecular formula is C31H36O2. The standard InChI is InChI=1S/C14H12.C12H12.C3H6.C2H6O2/c1-3-11-9-10-12-7-5-6-8-14(12)13(11)4-2;1-4-10-8-7-9-11(5-2)12(10)6-3;1-2-3-1;3-1-2-4/h3-10H,1-2H2;4-9H,1-3H2;1-3H2;3-4H,1-2H2. The fraction of sp³-hybridized carbons (Fsp3) is 0.161. The van der Waals surface area contributed by atoms with E-state index in [0.717, 1.165) is 27.8 Å². The SMILES string of the molecule is C1CC1.C=Cc1ccc2ccccc2c1C=C.C=Cc1cccc(C=C)c1C=C.OCCO. The lowest BCUT2D eigenvalue weighted by Crippen LogP contribution is -1.85. The molecule has 0 heterocycles. The smallest absolute Gasteiger partial charge is 0.0662 e. The van der Waals surface area contributed by atoms with Crippen molar-refractivity contribution < 1.29 is 10.2 Å². The van der Waals surface area contributed by atoms with Crippen molar-refractivity contribution in [3.05, 3.63) is 115 Å². The Morgan fingerprint density at radius 2 is 1.03 bits per heavy atom. The fourth-order valence-corrected chi connectivity index (χ4v) is 2.91. The summed E-state index contributed by atoms with van der Waals surface area (Å²) in [5, 5.41) is 17.7. The largest absolute Gasteiger partial charge is 0.394 e. The van der Waals surface area contributed by atoms with Crippen LogP contribution in [0.15, 0.2) is 87.5 Å². The van der Waals surface area contributed by atoms with Crippen LogP contribution < -0.4 is 0 Å². The molecule has 2 heteroatoms. The Morgan fingerprint density at radius 1 is 0.545 bits per heavy atom. The molecule has 3 aromatic carbocycles. The van der Waals surface area contributed by atoms with Crippen molar-refractivity contribution in [2.45, 2.75) is 19.3 Å². The maximum atomic E-state index is 7.62. The molecule has 0 unspecified atom stereocenters. The second-order valence-electron chi connectivity index (χ2n) is 7.17. The zero-order valence-electron chi connectivity index (χ0n) is 19.5. The number of aliphatic hydroxyl groups excluding tert-OH is 2. The topological polar surface area (TPSA) is 40.5 Å². The van der Waals surface area contributed by atoms with Crippen LogP contribution in [0.2, 0.25) is 0 Å². The highest BCUT2D eigenvalue weighted by Crippen LogP contribution is 2.24. The van der Waals surface area contributed by atoms with Gasteiger partial charge in [0.05, 0.1) is 13.2 Å². The normalized spacial score (nSPS) is 10.6. The van der Waals surface area contributed by atoms with Crippen molar-refractivity contribution in [2.75, 3.05) is 13.2 Å². The molecule has 1 aliphatic rings. The minimum absolute atomic E-state index is 0.125. The highest BCUT2D eigenvalue weighted by Gasteiger charge is 2.01. The van der Waals surface area contributed by atoms with E-state index < -0.39 is 0 Å². The first-order chi connectivity index (χ1) is 16.1. The molecule has 0 aliphatic heterocycles. The third kappa shape index (κ3) is 9.28. The minimum Gasteiger partial charge on any atom is -0.394 e. The van der Waals surface area contributed by atoms with Crippen molar-refractivity contribution >= 4 is 41.2 Å². The van der Waals surface area contributed by atoms with E-state index in [2.05, 4.69) is 57.2 Å². The molecule has 0 bridgehead atoms. The molecule has 0 radical (unpaired) electrons. The van der Waals surface area contributed by atoms with Gasteiger partial charge in [0, 0.05) is 0 Å². The van der Waals surface area contributed by atoms with Crippen LogP contribution in [0.3, 0.4) is 0 Å². The average molecular weight is 441 g/mol. The maximum Gasteiger partial charge on any atom is 0.0662 e. The van der Waals surface area contributed by atoms with Crippen LogP contribution in [0, 0.1) is 0 Å². The first-order valence-corrected chi connectivity index (χ1v) is 11.1. The molecule has 2 N–H and O–H groups in total. The highest BCUT2D eigenvalue weighted by atomic mass is 16.3. The summed E-state index contributed by atoms with van der Waals surface area (Å²) in [4.78, 5) is 0. The molecule has 0 aromatic heterocycles. The third-order valence-corrected chi connectivity index (χ3v) is 4.70. The van der Waals surface area contributed by atoms with Crippen molar-refractivity contribution in [3.8, 4) is 0 Å². The Labute approximate surface area is 199 Å². The Balaban J connectivity index is 0.000000258. The van der Waals surface area contributed by atoms with Crippen molar-refractivity contribution in [1.29, 1.82) is 0 Å². The van der Waals surface area contributed by atoms with Gasteiger partial charge in [0.25, 0.3) is 0 Å². The Kier molecular flexibility index (Phi) is 13.5. The zero-order valence-corrected chi connectivity index (χ0v) is 19.5. The quantitative estimate of drug-likeness (QED) is 0.409. The van der Waals surface area contributed by atoms with E-state index in [1.54, 1.807) is 0 Å². The molecule has 0 saturated heterocycles. The molecule has 0 atom stereocenters. The minimum atomic E-state index is -0.125. The second kappa shape index (κ2) is 16.2. The molecular weight excluding hydrogens is 404 g/mol. The lowest BCUT2D eigenvalue weighted by Gasteiger charge is -2.05. The van der Waals surface area contributed by atoms with Crippen LogP contribution in [-0.4, -0.2) is 23.4 Å². The summed E-state index contributed by atoms with van der Waals surface area (Å²) in [5.41, 5.74) is 5.60. The van der Waals surface area contributed by atoms with Gasteiger partial charge in [0.15, 0.2) is 0 Å². The summed E-state index contributed by atoms with van der Waals surface area (Å²) in [7, 11) is 0. The van der Waals surface area contributed by atoms with Crippen molar-refractivity contribution in [3.63, 3.8) is 0 Å². The number of aliphatic hydroxyl groups is 2. The van der Waals surface area contributed by atoms with Crippen LogP contribution in [-0.2, 0) is 0 Å². The predicted molar refractivity (Wildman–Crippen MR) is 149 cm³/mol. The molecule has 4 rings (SSSR count). The molecule has 1 saturated carbocycles. The van der Waals surface area contributed by atoms with Crippen molar-refractivity contribution in [2.24, 2.45) is 0 Å².